The molecule has 34 heavy (non-hydrogen) atoms. The number of pyridine rings is 1. The predicted octanol–water partition coefficient (Wildman–Crippen LogP) is 3.26. The number of carbonyl (C=O) groups excluding carboxylic acids is 1. The molecule has 3 N–H and O–H groups in total. The third-order valence-electron chi connectivity index (χ3n) is 5.50. The standard InChI is InChI=1S/C23H28N4O4.CH2O2/c1-27(2)11-12-30-23(29)19-20(28)18(31-21(19)17-8-4-3-5-9-24-17)13-15-14-26-22-16(15)7-6-10-25-22;2-1-3/h6-7,10,13-14,17,24,28H,3-5,8-9,11-12H2,1-2H3;1H,(H,2,3). The first-order valence-corrected chi connectivity index (χ1v) is 11.2. The summed E-state index contributed by atoms with van der Waals surface area (Å²) in [7, 11) is 3.81. The van der Waals surface area contributed by atoms with E-state index in [0.717, 1.165) is 43.4 Å². The Morgan fingerprint density at radius 1 is 1.35 bits per heavy atom. The van der Waals surface area contributed by atoms with Gasteiger partial charge in [0.05, 0.1) is 6.04 Å². The number of likely N-dealkylation sites (N-methyl/N-ethyl adjacent to an activating group) is 1. The number of allylic oxidation sites excluding steroid dienone is 1. The molecule has 1 fully saturated rings. The minimum absolute atomic E-state index is 0.103. The van der Waals surface area contributed by atoms with Gasteiger partial charge in [-0.3, -0.25) is 4.79 Å². The molecule has 0 amide bonds. The molecule has 1 unspecified atom stereocenters. The van der Waals surface area contributed by atoms with E-state index in [0.29, 0.717) is 18.1 Å². The Hall–Kier alpha value is -3.50. The van der Waals surface area contributed by atoms with Crippen molar-refractivity contribution in [2.75, 3.05) is 33.8 Å². The van der Waals surface area contributed by atoms with Crippen molar-refractivity contribution < 1.29 is 29.0 Å². The molecular formula is C24H30N4O6. The number of carboxylic acid groups (broad SMARTS) is 1. The number of furan rings is 1. The summed E-state index contributed by atoms with van der Waals surface area (Å²) < 4.78 is 11.5. The molecule has 0 aliphatic carbocycles. The highest BCUT2D eigenvalue weighted by Gasteiger charge is 2.31. The SMILES string of the molecule is CN(C)CCOC(=O)c1c(C2CCCCCN2)oc(C=C2C=Nc3ncccc32)c1O.O=CO. The van der Waals surface area contributed by atoms with Gasteiger partial charge in [-0.15, -0.1) is 0 Å². The van der Waals surface area contributed by atoms with Gasteiger partial charge < -0.3 is 29.6 Å². The van der Waals surface area contributed by atoms with Gasteiger partial charge in [-0.25, -0.2) is 14.8 Å². The van der Waals surface area contributed by atoms with E-state index in [9.17, 15) is 9.90 Å². The number of ether oxygens (including phenoxy) is 1. The van der Waals surface area contributed by atoms with Crippen molar-refractivity contribution in [1.82, 2.24) is 15.2 Å². The molecule has 4 heterocycles. The van der Waals surface area contributed by atoms with Crippen LogP contribution in [-0.2, 0) is 9.53 Å². The molecule has 0 spiro atoms. The zero-order chi connectivity index (χ0) is 24.5. The van der Waals surface area contributed by atoms with Crippen molar-refractivity contribution in [2.45, 2.75) is 31.7 Å². The van der Waals surface area contributed by atoms with Gasteiger partial charge in [0, 0.05) is 30.1 Å². The molecule has 0 bridgehead atoms. The van der Waals surface area contributed by atoms with Crippen molar-refractivity contribution in [3.63, 3.8) is 0 Å². The normalized spacial score (nSPS) is 18.2. The molecule has 10 nitrogen and oxygen atoms in total. The van der Waals surface area contributed by atoms with Crippen LogP contribution in [0.25, 0.3) is 11.6 Å². The second kappa shape index (κ2) is 12.1. The van der Waals surface area contributed by atoms with Gasteiger partial charge >= 0.3 is 5.97 Å². The van der Waals surface area contributed by atoms with Crippen LogP contribution >= 0.6 is 0 Å². The number of fused-ring (bicyclic) bond motifs is 1. The van der Waals surface area contributed by atoms with E-state index in [2.05, 4.69) is 15.3 Å². The fraction of sp³-hybridized carbons (Fsp3) is 0.417. The number of hydrogen-bond acceptors (Lipinski definition) is 9. The lowest BCUT2D eigenvalue weighted by atomic mass is 10.0. The van der Waals surface area contributed by atoms with Crippen molar-refractivity contribution in [3.8, 4) is 5.75 Å². The number of nitrogens with one attached hydrogen (secondary N) is 1. The summed E-state index contributed by atoms with van der Waals surface area (Å²) in [5.74, 6) is 0.500. The number of nitrogens with zero attached hydrogens (tertiary/aromatic N) is 3. The molecule has 0 saturated carbocycles. The van der Waals surface area contributed by atoms with Crippen LogP contribution < -0.4 is 5.32 Å². The Balaban J connectivity index is 0.00000103. The summed E-state index contributed by atoms with van der Waals surface area (Å²) in [4.78, 5) is 31.7. The molecule has 182 valence electrons. The Morgan fingerprint density at radius 2 is 2.15 bits per heavy atom. The molecular weight excluding hydrogens is 440 g/mol. The predicted molar refractivity (Wildman–Crippen MR) is 127 cm³/mol. The summed E-state index contributed by atoms with van der Waals surface area (Å²) in [5.41, 5.74) is 1.72. The largest absolute Gasteiger partial charge is 0.504 e. The highest BCUT2D eigenvalue weighted by atomic mass is 16.5. The van der Waals surface area contributed by atoms with Crippen molar-refractivity contribution in [2.24, 2.45) is 4.99 Å². The lowest BCUT2D eigenvalue weighted by Gasteiger charge is -2.15. The minimum atomic E-state index is -0.573. The summed E-state index contributed by atoms with van der Waals surface area (Å²) in [6.45, 7) is 1.41. The maximum atomic E-state index is 12.9. The van der Waals surface area contributed by atoms with Crippen molar-refractivity contribution in [1.29, 1.82) is 0 Å². The fourth-order valence-electron chi connectivity index (χ4n) is 3.83. The molecule has 0 aromatic carbocycles. The van der Waals surface area contributed by atoms with Crippen LogP contribution in [0.5, 0.6) is 5.75 Å². The zero-order valence-corrected chi connectivity index (χ0v) is 19.4. The quantitative estimate of drug-likeness (QED) is 0.429. The van der Waals surface area contributed by atoms with E-state index in [-0.39, 0.29) is 36.2 Å². The number of aromatic nitrogens is 1. The second-order valence-electron chi connectivity index (χ2n) is 8.19. The van der Waals surface area contributed by atoms with Gasteiger partial charge in [-0.05, 0) is 51.7 Å². The van der Waals surface area contributed by atoms with E-state index < -0.39 is 5.97 Å². The Bertz CT molecular complexity index is 1050. The second-order valence-corrected chi connectivity index (χ2v) is 8.19. The van der Waals surface area contributed by atoms with E-state index in [4.69, 9.17) is 19.1 Å². The van der Waals surface area contributed by atoms with Gasteiger partial charge in [0.1, 0.15) is 17.9 Å². The Kier molecular flexibility index (Phi) is 8.94. The molecule has 1 atom stereocenters. The van der Waals surface area contributed by atoms with Gasteiger partial charge in [-0.2, -0.15) is 0 Å². The molecule has 2 aliphatic heterocycles. The van der Waals surface area contributed by atoms with E-state index in [1.54, 1.807) is 18.5 Å². The van der Waals surface area contributed by atoms with Gasteiger partial charge in [0.15, 0.2) is 17.3 Å². The number of aromatic hydroxyl groups is 1. The molecule has 4 rings (SSSR count). The van der Waals surface area contributed by atoms with Crippen LogP contribution in [-0.4, -0.2) is 72.5 Å². The maximum absolute atomic E-state index is 12.9. The minimum Gasteiger partial charge on any atom is -0.504 e. The lowest BCUT2D eigenvalue weighted by molar-refractivity contribution is -0.122. The van der Waals surface area contributed by atoms with Crippen LogP contribution in [0, 0.1) is 0 Å². The van der Waals surface area contributed by atoms with Gasteiger partial charge in [0.25, 0.3) is 6.47 Å². The first kappa shape index (κ1) is 25.1. The first-order valence-electron chi connectivity index (χ1n) is 11.2. The van der Waals surface area contributed by atoms with Crippen molar-refractivity contribution >= 4 is 36.1 Å². The number of esters is 1. The Labute approximate surface area is 198 Å². The summed E-state index contributed by atoms with van der Waals surface area (Å²) in [6, 6.07) is 3.59. The third kappa shape index (κ3) is 6.09. The molecule has 1 saturated heterocycles. The van der Waals surface area contributed by atoms with Gasteiger partial charge in [-0.1, -0.05) is 12.8 Å². The highest BCUT2D eigenvalue weighted by Crippen LogP contribution is 2.39. The molecule has 2 aliphatic rings. The summed E-state index contributed by atoms with van der Waals surface area (Å²) in [6.07, 6.45) is 9.10. The number of rotatable bonds is 6. The van der Waals surface area contributed by atoms with Crippen LogP contribution in [0.3, 0.4) is 0 Å². The summed E-state index contributed by atoms with van der Waals surface area (Å²) >= 11 is 0. The van der Waals surface area contributed by atoms with E-state index in [1.165, 1.54) is 0 Å². The number of aliphatic imine (C=N–C) groups is 1. The van der Waals surface area contributed by atoms with Crippen molar-refractivity contribution in [3.05, 3.63) is 41.0 Å². The maximum Gasteiger partial charge on any atom is 0.345 e. The topological polar surface area (TPSA) is 137 Å². The molecule has 2 aromatic rings. The average Bonchev–Trinajstić information content (AvgIpc) is 3.23. The van der Waals surface area contributed by atoms with E-state index in [1.807, 2.05) is 31.1 Å². The smallest absolute Gasteiger partial charge is 0.345 e. The van der Waals surface area contributed by atoms with E-state index >= 15 is 0 Å². The van der Waals surface area contributed by atoms with Crippen LogP contribution in [0.1, 0.15) is 59.2 Å². The lowest BCUT2D eigenvalue weighted by Crippen LogP contribution is -2.23. The third-order valence-corrected chi connectivity index (χ3v) is 5.50. The average molecular weight is 471 g/mol. The zero-order valence-electron chi connectivity index (χ0n) is 19.4. The highest BCUT2D eigenvalue weighted by molar-refractivity contribution is 6.21. The van der Waals surface area contributed by atoms with Crippen LogP contribution in [0.4, 0.5) is 5.82 Å². The monoisotopic (exact) mass is 470 g/mol. The van der Waals surface area contributed by atoms with Gasteiger partial charge in [0.2, 0.25) is 0 Å². The molecule has 2 aromatic heterocycles. The fourth-order valence-corrected chi connectivity index (χ4v) is 3.83. The number of carbonyl (C=O) groups is 2. The Morgan fingerprint density at radius 3 is 2.91 bits per heavy atom. The first-order chi connectivity index (χ1) is 16.5. The van der Waals surface area contributed by atoms with Crippen LogP contribution in [0.2, 0.25) is 0 Å². The van der Waals surface area contributed by atoms with Crippen LogP contribution in [0.15, 0.2) is 27.7 Å². The number of hydrogen-bond donors (Lipinski definition) is 3. The molecule has 0 radical (unpaired) electrons. The summed E-state index contributed by atoms with van der Waals surface area (Å²) in [5, 5.41) is 21.3. The molecule has 10 heteroatoms.